The van der Waals surface area contributed by atoms with Gasteiger partial charge in [-0.15, -0.1) is 0 Å². The van der Waals surface area contributed by atoms with Crippen molar-refractivity contribution in [3.63, 3.8) is 0 Å². The minimum absolute atomic E-state index is 0.00729. The maximum atomic E-state index is 12.2. The van der Waals surface area contributed by atoms with Crippen molar-refractivity contribution < 1.29 is 21.6 Å². The molecule has 3 nitrogen and oxygen atoms in total. The van der Waals surface area contributed by atoms with Gasteiger partial charge in [0.05, 0.1) is 0 Å². The van der Waals surface area contributed by atoms with E-state index in [1.165, 1.54) is 0 Å². The lowest BCUT2D eigenvalue weighted by atomic mass is 9.96. The van der Waals surface area contributed by atoms with Crippen molar-refractivity contribution >= 4 is 10.0 Å². The van der Waals surface area contributed by atoms with Crippen LogP contribution in [0, 0.1) is 11.8 Å². The van der Waals surface area contributed by atoms with Gasteiger partial charge < -0.3 is 0 Å². The average molecular weight is 245 g/mol. The Kier molecular flexibility index (Phi) is 3.35. The molecule has 1 saturated heterocycles. The van der Waals surface area contributed by atoms with E-state index in [0.717, 1.165) is 0 Å². The lowest BCUT2D eigenvalue weighted by Gasteiger charge is -2.17. The summed E-state index contributed by atoms with van der Waals surface area (Å²) in [5.41, 5.74) is -5.17. The Morgan fingerprint density at radius 3 is 2.20 bits per heavy atom. The van der Waals surface area contributed by atoms with Crippen LogP contribution in [-0.2, 0) is 10.0 Å². The molecule has 7 heteroatoms. The number of sulfonamides is 1. The molecule has 0 aromatic rings. The molecule has 90 valence electrons. The second kappa shape index (κ2) is 3.93. The number of alkyl halides is 3. The van der Waals surface area contributed by atoms with Crippen LogP contribution in [0.4, 0.5) is 13.2 Å². The van der Waals surface area contributed by atoms with E-state index in [4.69, 9.17) is 0 Å². The molecular weight excluding hydrogens is 231 g/mol. The summed E-state index contributed by atoms with van der Waals surface area (Å²) in [6, 6.07) is 0. The first-order chi connectivity index (χ1) is 6.70. The zero-order valence-corrected chi connectivity index (χ0v) is 9.40. The maximum absolute atomic E-state index is 12.2. The fraction of sp³-hybridized carbons (Fsp3) is 1.00. The van der Waals surface area contributed by atoms with Gasteiger partial charge in [0.15, 0.2) is 0 Å². The van der Waals surface area contributed by atoms with Crippen molar-refractivity contribution in [2.45, 2.75) is 25.8 Å². The zero-order chi connectivity index (χ0) is 11.9. The molecule has 0 bridgehead atoms. The Balaban J connectivity index is 2.86. The van der Waals surface area contributed by atoms with Gasteiger partial charge in [-0.1, -0.05) is 20.3 Å². The van der Waals surface area contributed by atoms with Crippen molar-refractivity contribution in [3.05, 3.63) is 0 Å². The van der Waals surface area contributed by atoms with E-state index in [0.29, 0.717) is 10.7 Å². The lowest BCUT2D eigenvalue weighted by Crippen LogP contribution is -2.39. The third kappa shape index (κ3) is 2.28. The predicted molar refractivity (Wildman–Crippen MR) is 49.5 cm³/mol. The SMILES string of the molecule is CC[C@H]1CN(S(=O)(=O)C(F)(F)F)C[C@@H]1C. The number of nitrogens with zero attached hydrogens (tertiary/aromatic N) is 1. The van der Waals surface area contributed by atoms with Gasteiger partial charge in [-0.05, 0) is 11.8 Å². The Bertz CT molecular complexity index is 325. The van der Waals surface area contributed by atoms with E-state index in [1.807, 2.05) is 6.92 Å². The van der Waals surface area contributed by atoms with Gasteiger partial charge in [0.1, 0.15) is 0 Å². The molecular formula is C8H14F3NO2S. The molecule has 15 heavy (non-hydrogen) atoms. The highest BCUT2D eigenvalue weighted by Gasteiger charge is 2.52. The summed E-state index contributed by atoms with van der Waals surface area (Å²) in [4.78, 5) is 0. The second-order valence-electron chi connectivity index (χ2n) is 3.91. The first-order valence-electron chi connectivity index (χ1n) is 4.76. The fourth-order valence-corrected chi connectivity index (χ4v) is 2.97. The Labute approximate surface area is 87.3 Å². The number of hydrogen-bond acceptors (Lipinski definition) is 2. The summed E-state index contributed by atoms with van der Waals surface area (Å²) in [7, 11) is -5.12. The summed E-state index contributed by atoms with van der Waals surface area (Å²) < 4.78 is 59.3. The molecule has 0 unspecified atom stereocenters. The first kappa shape index (κ1) is 12.8. The van der Waals surface area contributed by atoms with Gasteiger partial charge in [-0.3, -0.25) is 0 Å². The van der Waals surface area contributed by atoms with Crippen LogP contribution in [0.15, 0.2) is 0 Å². The molecule has 2 atom stereocenters. The summed E-state index contributed by atoms with van der Waals surface area (Å²) >= 11 is 0. The molecule has 1 heterocycles. The van der Waals surface area contributed by atoms with Crippen LogP contribution in [0.5, 0.6) is 0 Å². The van der Waals surface area contributed by atoms with Gasteiger partial charge in [0.25, 0.3) is 0 Å². The van der Waals surface area contributed by atoms with Gasteiger partial charge in [0.2, 0.25) is 0 Å². The van der Waals surface area contributed by atoms with Crippen LogP contribution >= 0.6 is 0 Å². The summed E-state index contributed by atoms with van der Waals surface area (Å²) in [5.74, 6) is 0.0225. The third-order valence-electron chi connectivity index (χ3n) is 2.89. The van der Waals surface area contributed by atoms with E-state index in [1.54, 1.807) is 6.92 Å². The summed E-state index contributed by atoms with van der Waals surface area (Å²) in [6.45, 7) is 3.59. The standard InChI is InChI=1S/C8H14F3NO2S/c1-3-7-5-12(4-6(7)2)15(13,14)8(9,10)11/h6-7H,3-5H2,1-2H3/t6-,7-/m0/s1. The van der Waals surface area contributed by atoms with Crippen LogP contribution in [0.3, 0.4) is 0 Å². The van der Waals surface area contributed by atoms with E-state index in [9.17, 15) is 21.6 Å². The molecule has 0 N–H and O–H groups in total. The molecule has 0 aromatic heterocycles. The van der Waals surface area contributed by atoms with Crippen LogP contribution in [0.2, 0.25) is 0 Å². The van der Waals surface area contributed by atoms with Crippen molar-refractivity contribution in [2.24, 2.45) is 11.8 Å². The van der Waals surface area contributed by atoms with Gasteiger partial charge in [-0.2, -0.15) is 17.5 Å². The average Bonchev–Trinajstić information content (AvgIpc) is 2.45. The lowest BCUT2D eigenvalue weighted by molar-refractivity contribution is -0.0484. The highest BCUT2D eigenvalue weighted by Crippen LogP contribution is 2.34. The van der Waals surface area contributed by atoms with Crippen molar-refractivity contribution in [3.8, 4) is 0 Å². The minimum atomic E-state index is -5.17. The molecule has 1 aliphatic rings. The summed E-state index contributed by atoms with van der Waals surface area (Å²) in [5, 5.41) is 0. The van der Waals surface area contributed by atoms with Crippen molar-refractivity contribution in [2.75, 3.05) is 13.1 Å². The van der Waals surface area contributed by atoms with Crippen LogP contribution in [0.1, 0.15) is 20.3 Å². The van der Waals surface area contributed by atoms with Crippen LogP contribution in [-0.4, -0.2) is 31.3 Å². The van der Waals surface area contributed by atoms with E-state index >= 15 is 0 Å². The van der Waals surface area contributed by atoms with Gasteiger partial charge in [-0.25, -0.2) is 8.42 Å². The van der Waals surface area contributed by atoms with Crippen molar-refractivity contribution in [1.29, 1.82) is 0 Å². The molecule has 0 radical (unpaired) electrons. The summed E-state index contributed by atoms with van der Waals surface area (Å²) in [6.07, 6.45) is 0.699. The number of hydrogen-bond donors (Lipinski definition) is 0. The molecule has 1 fully saturated rings. The van der Waals surface area contributed by atoms with Crippen LogP contribution < -0.4 is 0 Å². The molecule has 1 aliphatic heterocycles. The van der Waals surface area contributed by atoms with Gasteiger partial charge >= 0.3 is 15.5 Å². The molecule has 0 aromatic carbocycles. The Morgan fingerprint density at radius 1 is 1.33 bits per heavy atom. The molecule has 0 spiro atoms. The molecule has 1 rings (SSSR count). The second-order valence-corrected chi connectivity index (χ2v) is 5.84. The number of halogens is 3. The van der Waals surface area contributed by atoms with Crippen molar-refractivity contribution in [1.82, 2.24) is 4.31 Å². The Hall–Kier alpha value is -0.300. The minimum Gasteiger partial charge on any atom is -0.203 e. The maximum Gasteiger partial charge on any atom is 0.511 e. The molecule has 0 saturated carbocycles. The molecule has 0 aliphatic carbocycles. The smallest absolute Gasteiger partial charge is 0.203 e. The largest absolute Gasteiger partial charge is 0.511 e. The van der Waals surface area contributed by atoms with E-state index in [-0.39, 0.29) is 24.9 Å². The highest BCUT2D eigenvalue weighted by molar-refractivity contribution is 7.90. The van der Waals surface area contributed by atoms with Crippen LogP contribution in [0.25, 0.3) is 0 Å². The fourth-order valence-electron chi connectivity index (χ4n) is 1.86. The first-order valence-corrected chi connectivity index (χ1v) is 6.20. The normalized spacial score (nSPS) is 29.7. The predicted octanol–water partition coefficient (Wildman–Crippen LogP) is 1.81. The Morgan fingerprint density at radius 2 is 1.87 bits per heavy atom. The van der Waals surface area contributed by atoms with E-state index < -0.39 is 15.5 Å². The monoisotopic (exact) mass is 245 g/mol. The zero-order valence-electron chi connectivity index (χ0n) is 8.58. The van der Waals surface area contributed by atoms with E-state index in [2.05, 4.69) is 0 Å². The topological polar surface area (TPSA) is 37.4 Å². The molecule has 0 amide bonds. The highest BCUT2D eigenvalue weighted by atomic mass is 32.2. The van der Waals surface area contributed by atoms with Gasteiger partial charge in [0, 0.05) is 13.1 Å². The number of rotatable bonds is 2. The quantitative estimate of drug-likeness (QED) is 0.744. The third-order valence-corrected chi connectivity index (χ3v) is 4.45.